The quantitative estimate of drug-likeness (QED) is 0.821. The van der Waals surface area contributed by atoms with Crippen LogP contribution in [0.15, 0.2) is 36.4 Å². The van der Waals surface area contributed by atoms with Crippen LogP contribution in [0.25, 0.3) is 0 Å². The van der Waals surface area contributed by atoms with Crippen LogP contribution < -0.4 is 11.1 Å². The zero-order valence-electron chi connectivity index (χ0n) is 9.15. The van der Waals surface area contributed by atoms with Gasteiger partial charge in [-0.15, -0.1) is 0 Å². The standard InChI is InChI=1S/C12H9ClFN3O/c13-10-5-7(6-11(15)17-10)12(18)16-9-3-1-8(14)2-4-9/h1-6H,(H2,15,17)(H,16,18). The summed E-state index contributed by atoms with van der Waals surface area (Å²) < 4.78 is 12.7. The molecule has 0 atom stereocenters. The van der Waals surface area contributed by atoms with Crippen LogP contribution in [-0.4, -0.2) is 10.9 Å². The molecule has 0 aliphatic carbocycles. The zero-order chi connectivity index (χ0) is 13.1. The fourth-order valence-electron chi connectivity index (χ4n) is 1.38. The lowest BCUT2D eigenvalue weighted by Crippen LogP contribution is -2.12. The highest BCUT2D eigenvalue weighted by atomic mass is 35.5. The van der Waals surface area contributed by atoms with Crippen molar-refractivity contribution < 1.29 is 9.18 Å². The Kier molecular flexibility index (Phi) is 3.43. The number of pyridine rings is 1. The molecule has 1 aromatic heterocycles. The summed E-state index contributed by atoms with van der Waals surface area (Å²) in [6.07, 6.45) is 0. The Hall–Kier alpha value is -2.14. The van der Waals surface area contributed by atoms with Gasteiger partial charge in [0.1, 0.15) is 16.8 Å². The van der Waals surface area contributed by atoms with E-state index >= 15 is 0 Å². The number of rotatable bonds is 2. The van der Waals surface area contributed by atoms with Crippen LogP contribution in [0.2, 0.25) is 5.15 Å². The first-order chi connectivity index (χ1) is 8.54. The van der Waals surface area contributed by atoms with Crippen molar-refractivity contribution >= 4 is 29.0 Å². The molecule has 0 fully saturated rings. The van der Waals surface area contributed by atoms with Crippen molar-refractivity contribution in [2.75, 3.05) is 11.1 Å². The number of nitrogen functional groups attached to an aromatic ring is 1. The van der Waals surface area contributed by atoms with Gasteiger partial charge in [-0.2, -0.15) is 0 Å². The van der Waals surface area contributed by atoms with E-state index in [0.29, 0.717) is 5.69 Å². The number of hydrogen-bond donors (Lipinski definition) is 2. The molecule has 0 aliphatic rings. The maximum atomic E-state index is 12.7. The van der Waals surface area contributed by atoms with E-state index in [4.69, 9.17) is 17.3 Å². The predicted octanol–water partition coefficient (Wildman–Crippen LogP) is 2.71. The van der Waals surface area contributed by atoms with E-state index in [0.717, 1.165) is 0 Å². The smallest absolute Gasteiger partial charge is 0.255 e. The molecule has 2 rings (SSSR count). The molecule has 2 aromatic rings. The Labute approximate surface area is 108 Å². The Morgan fingerprint density at radius 2 is 1.94 bits per heavy atom. The van der Waals surface area contributed by atoms with Crippen molar-refractivity contribution in [3.8, 4) is 0 Å². The number of carbonyl (C=O) groups is 1. The van der Waals surface area contributed by atoms with E-state index in [9.17, 15) is 9.18 Å². The minimum absolute atomic E-state index is 0.138. The number of nitrogens with two attached hydrogens (primary N) is 1. The molecule has 1 heterocycles. The van der Waals surface area contributed by atoms with E-state index in [2.05, 4.69) is 10.3 Å². The third kappa shape index (κ3) is 2.95. The van der Waals surface area contributed by atoms with Crippen LogP contribution in [0, 0.1) is 5.82 Å². The summed E-state index contributed by atoms with van der Waals surface area (Å²) in [6.45, 7) is 0. The monoisotopic (exact) mass is 265 g/mol. The second kappa shape index (κ2) is 5.01. The fourth-order valence-corrected chi connectivity index (χ4v) is 1.60. The SMILES string of the molecule is Nc1cc(C(=O)Nc2ccc(F)cc2)cc(Cl)n1. The molecule has 0 radical (unpaired) electrons. The summed E-state index contributed by atoms with van der Waals surface area (Å²) in [5.41, 5.74) is 6.25. The lowest BCUT2D eigenvalue weighted by molar-refractivity contribution is 0.102. The molecular formula is C12H9ClFN3O. The van der Waals surface area contributed by atoms with Crippen LogP contribution in [-0.2, 0) is 0 Å². The molecule has 1 aromatic carbocycles. The minimum Gasteiger partial charge on any atom is -0.384 e. The van der Waals surface area contributed by atoms with E-state index < -0.39 is 5.91 Å². The van der Waals surface area contributed by atoms with Crippen molar-refractivity contribution in [2.24, 2.45) is 0 Å². The van der Waals surface area contributed by atoms with Crippen molar-refractivity contribution in [1.82, 2.24) is 4.98 Å². The molecule has 0 aliphatic heterocycles. The molecule has 6 heteroatoms. The molecule has 92 valence electrons. The molecule has 0 saturated carbocycles. The van der Waals surface area contributed by atoms with Gasteiger partial charge in [-0.1, -0.05) is 11.6 Å². The Morgan fingerprint density at radius 1 is 1.28 bits per heavy atom. The first-order valence-corrected chi connectivity index (χ1v) is 5.42. The van der Waals surface area contributed by atoms with Crippen molar-refractivity contribution in [3.63, 3.8) is 0 Å². The summed E-state index contributed by atoms with van der Waals surface area (Å²) in [7, 11) is 0. The van der Waals surface area contributed by atoms with Crippen molar-refractivity contribution in [1.29, 1.82) is 0 Å². The van der Waals surface area contributed by atoms with Gasteiger partial charge in [-0.25, -0.2) is 9.37 Å². The number of anilines is 2. The highest BCUT2D eigenvalue weighted by Gasteiger charge is 2.08. The van der Waals surface area contributed by atoms with Crippen molar-refractivity contribution in [3.05, 3.63) is 52.9 Å². The van der Waals surface area contributed by atoms with E-state index in [1.54, 1.807) is 0 Å². The number of nitrogens with zero attached hydrogens (tertiary/aromatic N) is 1. The van der Waals surface area contributed by atoms with Gasteiger partial charge in [-0.3, -0.25) is 4.79 Å². The van der Waals surface area contributed by atoms with Crippen LogP contribution >= 0.6 is 11.6 Å². The number of aromatic nitrogens is 1. The molecule has 18 heavy (non-hydrogen) atoms. The normalized spacial score (nSPS) is 10.1. The van der Waals surface area contributed by atoms with E-state index in [-0.39, 0.29) is 22.4 Å². The van der Waals surface area contributed by atoms with Crippen LogP contribution in [0.1, 0.15) is 10.4 Å². The second-order valence-corrected chi connectivity index (χ2v) is 3.95. The van der Waals surface area contributed by atoms with Crippen LogP contribution in [0.3, 0.4) is 0 Å². The Balaban J connectivity index is 2.19. The van der Waals surface area contributed by atoms with Gasteiger partial charge < -0.3 is 11.1 Å². The van der Waals surface area contributed by atoms with Gasteiger partial charge >= 0.3 is 0 Å². The highest BCUT2D eigenvalue weighted by Crippen LogP contribution is 2.15. The topological polar surface area (TPSA) is 68.0 Å². The minimum atomic E-state index is -0.391. The summed E-state index contributed by atoms with van der Waals surface area (Å²) in [4.78, 5) is 15.6. The number of amides is 1. The van der Waals surface area contributed by atoms with Gasteiger partial charge in [0.25, 0.3) is 5.91 Å². The summed E-state index contributed by atoms with van der Waals surface area (Å²) in [5.74, 6) is -0.603. The highest BCUT2D eigenvalue weighted by molar-refractivity contribution is 6.30. The number of halogens is 2. The summed E-state index contributed by atoms with van der Waals surface area (Å²) in [5, 5.41) is 2.73. The predicted molar refractivity (Wildman–Crippen MR) is 68.0 cm³/mol. The number of carbonyl (C=O) groups excluding carboxylic acids is 1. The summed E-state index contributed by atoms with van der Waals surface area (Å²) in [6, 6.07) is 8.23. The molecular weight excluding hydrogens is 257 g/mol. The van der Waals surface area contributed by atoms with Crippen LogP contribution in [0.5, 0.6) is 0 Å². The van der Waals surface area contributed by atoms with Gasteiger partial charge in [0.2, 0.25) is 0 Å². The van der Waals surface area contributed by atoms with Gasteiger partial charge in [-0.05, 0) is 36.4 Å². The van der Waals surface area contributed by atoms with Crippen molar-refractivity contribution in [2.45, 2.75) is 0 Å². The van der Waals surface area contributed by atoms with Gasteiger partial charge in [0, 0.05) is 11.3 Å². The van der Waals surface area contributed by atoms with E-state index in [1.165, 1.54) is 36.4 Å². The second-order valence-electron chi connectivity index (χ2n) is 3.56. The lowest BCUT2D eigenvalue weighted by Gasteiger charge is -2.06. The fraction of sp³-hybridized carbons (Fsp3) is 0. The molecule has 0 saturated heterocycles. The first-order valence-electron chi connectivity index (χ1n) is 5.04. The molecule has 3 N–H and O–H groups in total. The molecule has 4 nitrogen and oxygen atoms in total. The lowest BCUT2D eigenvalue weighted by atomic mass is 10.2. The Bertz CT molecular complexity index is 566. The average molecular weight is 266 g/mol. The largest absolute Gasteiger partial charge is 0.384 e. The van der Waals surface area contributed by atoms with Crippen LogP contribution in [0.4, 0.5) is 15.9 Å². The third-order valence-electron chi connectivity index (χ3n) is 2.18. The first kappa shape index (κ1) is 12.3. The molecule has 0 spiro atoms. The maximum Gasteiger partial charge on any atom is 0.255 e. The molecule has 1 amide bonds. The Morgan fingerprint density at radius 3 is 2.56 bits per heavy atom. The van der Waals surface area contributed by atoms with Gasteiger partial charge in [0.05, 0.1) is 0 Å². The number of benzene rings is 1. The zero-order valence-corrected chi connectivity index (χ0v) is 9.91. The molecule has 0 unspecified atom stereocenters. The third-order valence-corrected chi connectivity index (χ3v) is 2.37. The van der Waals surface area contributed by atoms with Gasteiger partial charge in [0.15, 0.2) is 0 Å². The van der Waals surface area contributed by atoms with E-state index in [1.807, 2.05) is 0 Å². The number of nitrogens with one attached hydrogen (secondary N) is 1. The number of hydrogen-bond acceptors (Lipinski definition) is 3. The average Bonchev–Trinajstić information content (AvgIpc) is 2.31. The summed E-state index contributed by atoms with van der Waals surface area (Å²) >= 11 is 5.70. The molecule has 0 bridgehead atoms. The maximum absolute atomic E-state index is 12.7.